The molecule has 166 valence electrons. The minimum atomic E-state index is -0.684. The van der Waals surface area contributed by atoms with E-state index in [-0.39, 0.29) is 17.1 Å². The molecule has 2 aromatic carbocycles. The van der Waals surface area contributed by atoms with Gasteiger partial charge < -0.3 is 14.1 Å². The Morgan fingerprint density at radius 3 is 2.53 bits per heavy atom. The van der Waals surface area contributed by atoms with Crippen molar-refractivity contribution in [2.45, 2.75) is 19.9 Å². The van der Waals surface area contributed by atoms with E-state index >= 15 is 0 Å². The number of carbonyl (C=O) groups is 1. The van der Waals surface area contributed by atoms with Crippen LogP contribution in [-0.4, -0.2) is 55.1 Å². The molecule has 7 heteroatoms. The Morgan fingerprint density at radius 2 is 1.78 bits per heavy atom. The molecule has 1 atom stereocenters. The van der Waals surface area contributed by atoms with Crippen LogP contribution >= 0.6 is 0 Å². The molecule has 3 heterocycles. The van der Waals surface area contributed by atoms with E-state index in [4.69, 9.17) is 9.15 Å². The van der Waals surface area contributed by atoms with Crippen LogP contribution in [0.3, 0.4) is 0 Å². The molecule has 3 aromatic rings. The van der Waals surface area contributed by atoms with Crippen LogP contribution < -0.4 is 5.43 Å². The van der Waals surface area contributed by atoms with Gasteiger partial charge in [0.15, 0.2) is 5.43 Å². The zero-order valence-corrected chi connectivity index (χ0v) is 18.2. The molecule has 0 radical (unpaired) electrons. The molecule has 32 heavy (non-hydrogen) atoms. The van der Waals surface area contributed by atoms with Gasteiger partial charge in [0.1, 0.15) is 11.4 Å². The lowest BCUT2D eigenvalue weighted by Gasteiger charge is -2.31. The van der Waals surface area contributed by atoms with Gasteiger partial charge in [-0.1, -0.05) is 12.1 Å². The first-order chi connectivity index (χ1) is 15.4. The summed E-state index contributed by atoms with van der Waals surface area (Å²) in [5.74, 6) is -0.685. The zero-order valence-electron chi connectivity index (χ0n) is 18.2. The molecular weight excluding hydrogens is 411 g/mol. The number of morpholine rings is 1. The van der Waals surface area contributed by atoms with Crippen molar-refractivity contribution < 1.29 is 18.3 Å². The van der Waals surface area contributed by atoms with Crippen LogP contribution in [0.4, 0.5) is 4.39 Å². The Morgan fingerprint density at radius 1 is 1.03 bits per heavy atom. The summed E-state index contributed by atoms with van der Waals surface area (Å²) in [4.78, 5) is 30.9. The van der Waals surface area contributed by atoms with E-state index in [0.29, 0.717) is 48.4 Å². The number of benzene rings is 2. The zero-order chi connectivity index (χ0) is 22.4. The van der Waals surface area contributed by atoms with Crippen LogP contribution in [0.15, 0.2) is 45.6 Å². The molecule has 5 rings (SSSR count). The Labute approximate surface area is 185 Å². The van der Waals surface area contributed by atoms with Crippen molar-refractivity contribution in [1.82, 2.24) is 9.80 Å². The molecule has 6 nitrogen and oxygen atoms in total. The van der Waals surface area contributed by atoms with Gasteiger partial charge in [0.05, 0.1) is 30.2 Å². The number of carbonyl (C=O) groups excluding carboxylic acids is 1. The Balaban J connectivity index is 1.63. The molecule has 1 fully saturated rings. The van der Waals surface area contributed by atoms with E-state index in [9.17, 15) is 14.0 Å². The summed E-state index contributed by atoms with van der Waals surface area (Å²) in [5.41, 5.74) is 2.98. The minimum absolute atomic E-state index is 0.0574. The van der Waals surface area contributed by atoms with Gasteiger partial charge in [0.25, 0.3) is 5.91 Å². The highest BCUT2D eigenvalue weighted by molar-refractivity contribution is 5.99. The summed E-state index contributed by atoms with van der Waals surface area (Å²) in [7, 11) is 0. The van der Waals surface area contributed by atoms with Crippen molar-refractivity contribution in [3.63, 3.8) is 0 Å². The van der Waals surface area contributed by atoms with Crippen molar-refractivity contribution in [2.75, 3.05) is 39.4 Å². The third-order valence-electron chi connectivity index (χ3n) is 6.51. The summed E-state index contributed by atoms with van der Waals surface area (Å²) in [6, 6.07) is 9.02. The molecule has 2 aliphatic heterocycles. The van der Waals surface area contributed by atoms with Gasteiger partial charge in [-0.3, -0.25) is 14.5 Å². The monoisotopic (exact) mass is 436 g/mol. The van der Waals surface area contributed by atoms with Crippen molar-refractivity contribution in [3.8, 4) is 0 Å². The molecule has 2 aliphatic rings. The van der Waals surface area contributed by atoms with Gasteiger partial charge in [-0.25, -0.2) is 4.39 Å². The molecule has 1 aromatic heterocycles. The van der Waals surface area contributed by atoms with Crippen LogP contribution in [0, 0.1) is 19.7 Å². The van der Waals surface area contributed by atoms with Crippen molar-refractivity contribution in [2.24, 2.45) is 0 Å². The number of amides is 1. The second kappa shape index (κ2) is 8.15. The maximum absolute atomic E-state index is 14.1. The number of ether oxygens (including phenoxy) is 1. The maximum atomic E-state index is 14.1. The number of hydrogen-bond donors (Lipinski definition) is 0. The summed E-state index contributed by atoms with van der Waals surface area (Å²) >= 11 is 0. The number of nitrogens with zero attached hydrogens (tertiary/aromatic N) is 2. The number of hydrogen-bond acceptors (Lipinski definition) is 5. The van der Waals surface area contributed by atoms with Gasteiger partial charge in [-0.15, -0.1) is 0 Å². The second-order valence-corrected chi connectivity index (χ2v) is 8.52. The highest BCUT2D eigenvalue weighted by Crippen LogP contribution is 2.38. The summed E-state index contributed by atoms with van der Waals surface area (Å²) in [6.07, 6.45) is 0. The van der Waals surface area contributed by atoms with Crippen LogP contribution in [0.5, 0.6) is 0 Å². The highest BCUT2D eigenvalue weighted by atomic mass is 19.1. The fraction of sp³-hybridized carbons (Fsp3) is 0.360. The molecule has 0 N–H and O–H groups in total. The predicted molar refractivity (Wildman–Crippen MR) is 118 cm³/mol. The summed E-state index contributed by atoms with van der Waals surface area (Å²) in [6.45, 7) is 7.81. The molecule has 0 aliphatic carbocycles. The molecular formula is C25H25FN2O4. The molecule has 0 bridgehead atoms. The second-order valence-electron chi connectivity index (χ2n) is 8.52. The van der Waals surface area contributed by atoms with Gasteiger partial charge in [-0.2, -0.15) is 0 Å². The largest absolute Gasteiger partial charge is 0.450 e. The fourth-order valence-corrected chi connectivity index (χ4v) is 4.60. The SMILES string of the molecule is Cc1cc2oc3c(c(=O)c2cc1C)[C@H](c1cccc(F)c1)N(CCN1CCOCC1)C3=O. The third-order valence-corrected chi connectivity index (χ3v) is 6.51. The first kappa shape index (κ1) is 20.8. The van der Waals surface area contributed by atoms with Crippen molar-refractivity contribution in [3.05, 3.63) is 80.5 Å². The number of halogens is 1. The van der Waals surface area contributed by atoms with E-state index in [1.807, 2.05) is 13.8 Å². The standard InChI is InChI=1S/C25H25FN2O4/c1-15-12-19-20(13-16(15)2)32-24-21(23(19)29)22(17-4-3-5-18(26)14-17)28(25(24)30)7-6-27-8-10-31-11-9-27/h3-5,12-14,22H,6-11H2,1-2H3/t22-/m0/s1. The van der Waals surface area contributed by atoms with Gasteiger partial charge >= 0.3 is 0 Å². The van der Waals surface area contributed by atoms with E-state index in [1.54, 1.807) is 29.2 Å². The van der Waals surface area contributed by atoms with E-state index in [0.717, 1.165) is 24.2 Å². The maximum Gasteiger partial charge on any atom is 0.290 e. The van der Waals surface area contributed by atoms with Crippen LogP contribution in [0.1, 0.15) is 38.9 Å². The molecule has 0 spiro atoms. The fourth-order valence-electron chi connectivity index (χ4n) is 4.60. The van der Waals surface area contributed by atoms with E-state index < -0.39 is 11.9 Å². The van der Waals surface area contributed by atoms with Crippen LogP contribution in [0.2, 0.25) is 0 Å². The predicted octanol–water partition coefficient (Wildman–Crippen LogP) is 3.43. The quantitative estimate of drug-likeness (QED) is 0.627. The van der Waals surface area contributed by atoms with Gasteiger partial charge in [-0.05, 0) is 54.8 Å². The van der Waals surface area contributed by atoms with Gasteiger partial charge in [0, 0.05) is 26.2 Å². The van der Waals surface area contributed by atoms with Crippen molar-refractivity contribution in [1.29, 1.82) is 0 Å². The Hall–Kier alpha value is -3.03. The average molecular weight is 436 g/mol. The van der Waals surface area contributed by atoms with E-state index in [1.165, 1.54) is 12.1 Å². The Kier molecular flexibility index (Phi) is 5.31. The number of rotatable bonds is 4. The first-order valence-electron chi connectivity index (χ1n) is 10.9. The lowest BCUT2D eigenvalue weighted by Crippen LogP contribution is -2.42. The van der Waals surface area contributed by atoms with Gasteiger partial charge in [0.2, 0.25) is 5.76 Å². The number of aryl methyl sites for hydroxylation is 2. The first-order valence-corrected chi connectivity index (χ1v) is 10.9. The summed E-state index contributed by atoms with van der Waals surface area (Å²) in [5, 5.41) is 0.441. The average Bonchev–Trinajstić information content (AvgIpc) is 3.06. The van der Waals surface area contributed by atoms with E-state index in [2.05, 4.69) is 4.90 Å². The molecule has 0 unspecified atom stereocenters. The Bertz CT molecular complexity index is 1260. The number of fused-ring (bicyclic) bond motifs is 2. The summed E-state index contributed by atoms with van der Waals surface area (Å²) < 4.78 is 25.5. The van der Waals surface area contributed by atoms with Crippen molar-refractivity contribution >= 4 is 16.9 Å². The lowest BCUT2D eigenvalue weighted by atomic mass is 9.97. The topological polar surface area (TPSA) is 63.0 Å². The highest BCUT2D eigenvalue weighted by Gasteiger charge is 2.42. The smallest absolute Gasteiger partial charge is 0.290 e. The molecule has 1 saturated heterocycles. The minimum Gasteiger partial charge on any atom is -0.450 e. The molecule has 1 amide bonds. The lowest BCUT2D eigenvalue weighted by molar-refractivity contribution is 0.0314. The van der Waals surface area contributed by atoms with Crippen LogP contribution in [-0.2, 0) is 4.74 Å². The van der Waals surface area contributed by atoms with Crippen LogP contribution in [0.25, 0.3) is 11.0 Å². The normalized spacial score (nSPS) is 19.0. The molecule has 0 saturated carbocycles. The third kappa shape index (κ3) is 3.51.